The fraction of sp³-hybridized carbons (Fsp3) is 0.300. The number of hydrogen-bond acceptors (Lipinski definition) is 2. The number of aromatic nitrogens is 2. The molecule has 1 aromatic carbocycles. The molecule has 1 fully saturated rings. The highest BCUT2D eigenvalue weighted by molar-refractivity contribution is 5.81. The minimum Gasteiger partial charge on any atom is -0.382 e. The number of H-pyrrole nitrogens is 1. The molecule has 0 atom stereocenters. The Morgan fingerprint density at radius 2 is 2.31 bits per heavy atom. The highest BCUT2D eigenvalue weighted by Gasteiger charge is 2.20. The largest absolute Gasteiger partial charge is 0.382 e. The molecule has 0 amide bonds. The molecule has 1 aromatic heterocycles. The van der Waals surface area contributed by atoms with Gasteiger partial charge < -0.3 is 5.32 Å². The molecule has 0 radical (unpaired) electrons. The summed E-state index contributed by atoms with van der Waals surface area (Å²) in [7, 11) is 0. The van der Waals surface area contributed by atoms with Gasteiger partial charge in [-0.1, -0.05) is 0 Å². The molecule has 0 spiro atoms. The molecule has 2 N–H and O–H groups in total. The number of anilines is 1. The van der Waals surface area contributed by atoms with Crippen molar-refractivity contribution in [1.82, 2.24) is 10.2 Å². The van der Waals surface area contributed by atoms with Crippen molar-refractivity contribution < 1.29 is 0 Å². The molecule has 1 aliphatic carbocycles. The first kappa shape index (κ1) is 6.95. The van der Waals surface area contributed by atoms with Crippen LogP contribution in [0, 0.1) is 0 Å². The summed E-state index contributed by atoms with van der Waals surface area (Å²) >= 11 is 0. The van der Waals surface area contributed by atoms with Crippen molar-refractivity contribution in [2.24, 2.45) is 0 Å². The number of benzene rings is 1. The second-order valence-electron chi connectivity index (χ2n) is 3.59. The first-order valence-electron chi connectivity index (χ1n) is 4.61. The fourth-order valence-corrected chi connectivity index (χ4v) is 1.49. The molecular formula is C10H11N3. The quantitative estimate of drug-likeness (QED) is 0.730. The molecule has 3 nitrogen and oxygen atoms in total. The second-order valence-corrected chi connectivity index (χ2v) is 3.59. The summed E-state index contributed by atoms with van der Waals surface area (Å²) in [5, 5.41) is 11.6. The summed E-state index contributed by atoms with van der Waals surface area (Å²) in [4.78, 5) is 0. The number of rotatable bonds is 2. The molecule has 0 saturated heterocycles. The van der Waals surface area contributed by atoms with E-state index in [2.05, 4.69) is 33.7 Å². The number of fused-ring (bicyclic) bond motifs is 1. The van der Waals surface area contributed by atoms with Gasteiger partial charge in [-0.3, -0.25) is 5.10 Å². The van der Waals surface area contributed by atoms with Crippen molar-refractivity contribution in [2.75, 3.05) is 5.32 Å². The maximum absolute atomic E-state index is 3.98. The molecule has 0 bridgehead atoms. The number of nitrogens with one attached hydrogen (secondary N) is 2. The van der Waals surface area contributed by atoms with Gasteiger partial charge in [0.05, 0.1) is 11.7 Å². The molecule has 66 valence electrons. The Morgan fingerprint density at radius 1 is 1.38 bits per heavy atom. The van der Waals surface area contributed by atoms with E-state index in [1.54, 1.807) is 0 Å². The van der Waals surface area contributed by atoms with E-state index in [1.165, 1.54) is 23.9 Å². The van der Waals surface area contributed by atoms with Crippen LogP contribution >= 0.6 is 0 Å². The van der Waals surface area contributed by atoms with Gasteiger partial charge in [0.2, 0.25) is 0 Å². The van der Waals surface area contributed by atoms with Crippen LogP contribution in [0.15, 0.2) is 24.4 Å². The van der Waals surface area contributed by atoms with Gasteiger partial charge in [0, 0.05) is 17.1 Å². The Labute approximate surface area is 76.1 Å². The molecule has 0 aliphatic heterocycles. The lowest BCUT2D eigenvalue weighted by Gasteiger charge is -2.02. The van der Waals surface area contributed by atoms with Crippen LogP contribution < -0.4 is 5.32 Å². The summed E-state index contributed by atoms with van der Waals surface area (Å²) < 4.78 is 0. The van der Waals surface area contributed by atoms with E-state index < -0.39 is 0 Å². The zero-order valence-corrected chi connectivity index (χ0v) is 7.25. The molecule has 1 saturated carbocycles. The van der Waals surface area contributed by atoms with Crippen molar-refractivity contribution >= 4 is 16.6 Å². The lowest BCUT2D eigenvalue weighted by Crippen LogP contribution is -1.99. The first-order chi connectivity index (χ1) is 6.42. The predicted molar refractivity (Wildman–Crippen MR) is 52.7 cm³/mol. The minimum absolute atomic E-state index is 0.709. The Bertz CT molecular complexity index is 428. The Morgan fingerprint density at radius 3 is 3.15 bits per heavy atom. The zero-order chi connectivity index (χ0) is 8.67. The van der Waals surface area contributed by atoms with Crippen LogP contribution in [-0.4, -0.2) is 16.2 Å². The van der Waals surface area contributed by atoms with Crippen molar-refractivity contribution in [3.8, 4) is 0 Å². The summed E-state index contributed by atoms with van der Waals surface area (Å²) in [6.07, 6.45) is 4.46. The maximum Gasteiger partial charge on any atom is 0.0670 e. The number of nitrogens with zero attached hydrogens (tertiary/aromatic N) is 1. The SMILES string of the molecule is c1cc2cn[nH]c2cc1NC1CC1. The Hall–Kier alpha value is -1.51. The smallest absolute Gasteiger partial charge is 0.0670 e. The van der Waals surface area contributed by atoms with Gasteiger partial charge in [-0.25, -0.2) is 0 Å². The normalized spacial score (nSPS) is 16.3. The Kier molecular flexibility index (Phi) is 1.33. The highest BCUT2D eigenvalue weighted by Crippen LogP contribution is 2.26. The van der Waals surface area contributed by atoms with E-state index in [-0.39, 0.29) is 0 Å². The second kappa shape index (κ2) is 2.49. The lowest BCUT2D eigenvalue weighted by molar-refractivity contribution is 1.12. The van der Waals surface area contributed by atoms with Gasteiger partial charge in [0.15, 0.2) is 0 Å². The van der Waals surface area contributed by atoms with Gasteiger partial charge in [0.25, 0.3) is 0 Å². The average Bonchev–Trinajstić information content (AvgIpc) is 2.83. The standard InChI is InChI=1S/C10H11N3/c1-2-9(12-8-3-4-8)5-10-7(1)6-11-13-10/h1-2,5-6,8,12H,3-4H2,(H,11,13). The molecule has 2 aromatic rings. The van der Waals surface area contributed by atoms with Crippen LogP contribution in [0.4, 0.5) is 5.69 Å². The van der Waals surface area contributed by atoms with E-state index in [0.29, 0.717) is 6.04 Å². The van der Waals surface area contributed by atoms with E-state index >= 15 is 0 Å². The summed E-state index contributed by atoms with van der Waals surface area (Å²) in [5.74, 6) is 0. The Balaban J connectivity index is 1.99. The van der Waals surface area contributed by atoms with Gasteiger partial charge in [-0.15, -0.1) is 0 Å². The predicted octanol–water partition coefficient (Wildman–Crippen LogP) is 2.14. The molecular weight excluding hydrogens is 162 g/mol. The number of hydrogen-bond donors (Lipinski definition) is 2. The average molecular weight is 173 g/mol. The van der Waals surface area contributed by atoms with E-state index in [4.69, 9.17) is 0 Å². The molecule has 3 rings (SSSR count). The highest BCUT2D eigenvalue weighted by atomic mass is 15.1. The summed E-state index contributed by atoms with van der Waals surface area (Å²) in [6, 6.07) is 7.01. The summed E-state index contributed by atoms with van der Waals surface area (Å²) in [5.41, 5.74) is 2.30. The monoisotopic (exact) mass is 173 g/mol. The third-order valence-corrected chi connectivity index (χ3v) is 2.39. The van der Waals surface area contributed by atoms with Gasteiger partial charge in [-0.05, 0) is 31.0 Å². The van der Waals surface area contributed by atoms with Crippen LogP contribution in [-0.2, 0) is 0 Å². The van der Waals surface area contributed by atoms with Gasteiger partial charge >= 0.3 is 0 Å². The van der Waals surface area contributed by atoms with Crippen LogP contribution in [0.2, 0.25) is 0 Å². The topological polar surface area (TPSA) is 40.7 Å². The van der Waals surface area contributed by atoms with Crippen LogP contribution in [0.1, 0.15) is 12.8 Å². The minimum atomic E-state index is 0.709. The van der Waals surface area contributed by atoms with Gasteiger partial charge in [0.1, 0.15) is 0 Å². The fourth-order valence-electron chi connectivity index (χ4n) is 1.49. The molecule has 1 aliphatic rings. The third kappa shape index (κ3) is 1.26. The lowest BCUT2D eigenvalue weighted by atomic mass is 10.2. The molecule has 13 heavy (non-hydrogen) atoms. The molecule has 3 heteroatoms. The first-order valence-corrected chi connectivity index (χ1v) is 4.61. The molecule has 1 heterocycles. The number of aromatic amines is 1. The molecule has 0 unspecified atom stereocenters. The van der Waals surface area contributed by atoms with Crippen molar-refractivity contribution in [1.29, 1.82) is 0 Å². The van der Waals surface area contributed by atoms with E-state index in [9.17, 15) is 0 Å². The summed E-state index contributed by atoms with van der Waals surface area (Å²) in [6.45, 7) is 0. The van der Waals surface area contributed by atoms with E-state index in [0.717, 1.165) is 5.52 Å². The van der Waals surface area contributed by atoms with Gasteiger partial charge in [-0.2, -0.15) is 5.10 Å². The zero-order valence-electron chi connectivity index (χ0n) is 7.25. The van der Waals surface area contributed by atoms with Crippen molar-refractivity contribution in [3.05, 3.63) is 24.4 Å². The van der Waals surface area contributed by atoms with Crippen molar-refractivity contribution in [2.45, 2.75) is 18.9 Å². The maximum atomic E-state index is 3.98. The van der Waals surface area contributed by atoms with E-state index in [1.807, 2.05) is 6.20 Å². The van der Waals surface area contributed by atoms with Crippen LogP contribution in [0.3, 0.4) is 0 Å². The van der Waals surface area contributed by atoms with Crippen molar-refractivity contribution in [3.63, 3.8) is 0 Å². The van der Waals surface area contributed by atoms with Crippen LogP contribution in [0.25, 0.3) is 10.9 Å². The third-order valence-electron chi connectivity index (χ3n) is 2.39. The van der Waals surface area contributed by atoms with Crippen LogP contribution in [0.5, 0.6) is 0 Å².